The molecule has 1 N–H and O–H groups in total. The highest BCUT2D eigenvalue weighted by Crippen LogP contribution is 2.25. The molecule has 208 valence electrons. The van der Waals surface area contributed by atoms with Gasteiger partial charge in [0, 0.05) is 16.7 Å². The van der Waals surface area contributed by atoms with Crippen molar-refractivity contribution in [1.29, 1.82) is 0 Å². The van der Waals surface area contributed by atoms with Crippen molar-refractivity contribution in [3.63, 3.8) is 0 Å². The lowest BCUT2D eigenvalue weighted by molar-refractivity contribution is -0.139. The number of unbranched alkanes of at least 4 members (excludes halogenated alkanes) is 1. The summed E-state index contributed by atoms with van der Waals surface area (Å²) < 4.78 is 29.6. The minimum atomic E-state index is -4.05. The molecule has 1 unspecified atom stereocenters. The number of sulfonamides is 1. The largest absolute Gasteiger partial charge is 0.354 e. The van der Waals surface area contributed by atoms with Gasteiger partial charge in [0.25, 0.3) is 10.0 Å². The molecule has 0 aliphatic heterocycles. The Kier molecular flexibility index (Phi) is 11.8. The van der Waals surface area contributed by atoms with E-state index in [1.807, 2.05) is 44.2 Å². The molecule has 0 aliphatic rings. The highest BCUT2D eigenvalue weighted by atomic mass is 127. The SMILES string of the molecule is CCCCNC(=O)C(CC)N(CCc1ccccc1)C(=O)CN(c1ccc(I)cc1)S(=O)(=O)c1ccccc1. The molecule has 3 rings (SSSR count). The molecule has 0 aromatic heterocycles. The van der Waals surface area contributed by atoms with Crippen LogP contribution in [0.3, 0.4) is 0 Å². The molecule has 3 aromatic carbocycles. The van der Waals surface area contributed by atoms with Gasteiger partial charge >= 0.3 is 0 Å². The number of rotatable bonds is 14. The number of hydrogen-bond acceptors (Lipinski definition) is 4. The van der Waals surface area contributed by atoms with Crippen molar-refractivity contribution >= 4 is 50.1 Å². The number of anilines is 1. The van der Waals surface area contributed by atoms with E-state index in [1.54, 1.807) is 42.5 Å². The fourth-order valence-corrected chi connectivity index (χ4v) is 6.05. The van der Waals surface area contributed by atoms with E-state index in [0.29, 0.717) is 25.1 Å². The van der Waals surface area contributed by atoms with E-state index in [4.69, 9.17) is 0 Å². The number of halogens is 1. The summed E-state index contributed by atoms with van der Waals surface area (Å²) in [5, 5.41) is 2.95. The van der Waals surface area contributed by atoms with E-state index >= 15 is 0 Å². The van der Waals surface area contributed by atoms with Gasteiger partial charge in [0.1, 0.15) is 12.6 Å². The zero-order valence-electron chi connectivity index (χ0n) is 22.4. The molecule has 1 atom stereocenters. The molecular formula is C30H36IN3O4S. The molecular weight excluding hydrogens is 625 g/mol. The lowest BCUT2D eigenvalue weighted by Crippen LogP contribution is -2.53. The molecule has 3 aromatic rings. The molecule has 0 fully saturated rings. The van der Waals surface area contributed by atoms with Gasteiger partial charge < -0.3 is 10.2 Å². The van der Waals surface area contributed by atoms with Crippen molar-refractivity contribution < 1.29 is 18.0 Å². The van der Waals surface area contributed by atoms with Crippen LogP contribution in [0.1, 0.15) is 38.7 Å². The van der Waals surface area contributed by atoms with Gasteiger partial charge in [-0.25, -0.2) is 8.42 Å². The number of benzene rings is 3. The first-order chi connectivity index (χ1) is 18.8. The Hall–Kier alpha value is -2.92. The van der Waals surface area contributed by atoms with Crippen molar-refractivity contribution in [1.82, 2.24) is 10.2 Å². The molecule has 0 spiro atoms. The van der Waals surface area contributed by atoms with Crippen molar-refractivity contribution in [2.75, 3.05) is 23.9 Å². The summed E-state index contributed by atoms with van der Waals surface area (Å²) in [5.74, 6) is -0.652. The van der Waals surface area contributed by atoms with Gasteiger partial charge in [0.05, 0.1) is 10.6 Å². The predicted molar refractivity (Wildman–Crippen MR) is 164 cm³/mol. The van der Waals surface area contributed by atoms with Gasteiger partial charge in [-0.3, -0.25) is 13.9 Å². The lowest BCUT2D eigenvalue weighted by atomic mass is 10.1. The number of amides is 2. The van der Waals surface area contributed by atoms with Crippen molar-refractivity contribution in [2.45, 2.75) is 50.5 Å². The second-order valence-electron chi connectivity index (χ2n) is 9.19. The molecule has 0 heterocycles. The van der Waals surface area contributed by atoms with Crippen LogP contribution in [0.5, 0.6) is 0 Å². The predicted octanol–water partition coefficient (Wildman–Crippen LogP) is 5.25. The molecule has 7 nitrogen and oxygen atoms in total. The summed E-state index contributed by atoms with van der Waals surface area (Å²) in [6, 6.07) is 24.1. The fourth-order valence-electron chi connectivity index (χ4n) is 4.26. The molecule has 0 aliphatic carbocycles. The monoisotopic (exact) mass is 661 g/mol. The zero-order valence-corrected chi connectivity index (χ0v) is 25.4. The first-order valence-corrected chi connectivity index (χ1v) is 15.7. The van der Waals surface area contributed by atoms with Crippen LogP contribution in [0.4, 0.5) is 5.69 Å². The number of nitrogens with one attached hydrogen (secondary N) is 1. The van der Waals surface area contributed by atoms with E-state index in [2.05, 4.69) is 27.9 Å². The Morgan fingerprint density at radius 3 is 2.10 bits per heavy atom. The number of carbonyl (C=O) groups excluding carboxylic acids is 2. The van der Waals surface area contributed by atoms with Crippen LogP contribution < -0.4 is 9.62 Å². The highest BCUT2D eigenvalue weighted by molar-refractivity contribution is 14.1. The third kappa shape index (κ3) is 8.53. The van der Waals surface area contributed by atoms with Crippen LogP contribution in [-0.4, -0.2) is 50.8 Å². The molecule has 0 saturated heterocycles. The maximum absolute atomic E-state index is 14.0. The summed E-state index contributed by atoms with van der Waals surface area (Å²) in [4.78, 5) is 28.8. The van der Waals surface area contributed by atoms with Gasteiger partial charge in [0.15, 0.2) is 0 Å². The summed E-state index contributed by atoms with van der Waals surface area (Å²) >= 11 is 2.15. The number of nitrogens with zero attached hydrogens (tertiary/aromatic N) is 2. The lowest BCUT2D eigenvalue weighted by Gasteiger charge is -2.33. The second kappa shape index (κ2) is 15.0. The third-order valence-electron chi connectivity index (χ3n) is 6.42. The second-order valence-corrected chi connectivity index (χ2v) is 12.3. The Balaban J connectivity index is 1.96. The van der Waals surface area contributed by atoms with Crippen LogP contribution in [0.2, 0.25) is 0 Å². The summed E-state index contributed by atoms with van der Waals surface area (Å²) in [6.45, 7) is 4.31. The Morgan fingerprint density at radius 2 is 1.51 bits per heavy atom. The minimum absolute atomic E-state index is 0.0940. The van der Waals surface area contributed by atoms with E-state index in [0.717, 1.165) is 26.3 Å². The van der Waals surface area contributed by atoms with Gasteiger partial charge in [-0.2, -0.15) is 0 Å². The quantitative estimate of drug-likeness (QED) is 0.189. The Labute approximate surface area is 245 Å². The topological polar surface area (TPSA) is 86.8 Å². The van der Waals surface area contributed by atoms with Crippen LogP contribution >= 0.6 is 22.6 Å². The minimum Gasteiger partial charge on any atom is -0.354 e. The average molecular weight is 662 g/mol. The third-order valence-corrected chi connectivity index (χ3v) is 8.93. The van der Waals surface area contributed by atoms with Gasteiger partial charge in [0.2, 0.25) is 11.8 Å². The van der Waals surface area contributed by atoms with Crippen LogP contribution in [0.25, 0.3) is 0 Å². The molecule has 0 radical (unpaired) electrons. The maximum Gasteiger partial charge on any atom is 0.264 e. The summed E-state index contributed by atoms with van der Waals surface area (Å²) in [7, 11) is -4.05. The van der Waals surface area contributed by atoms with E-state index < -0.39 is 28.5 Å². The zero-order chi connectivity index (χ0) is 28.3. The van der Waals surface area contributed by atoms with Crippen molar-refractivity contribution in [3.8, 4) is 0 Å². The highest BCUT2D eigenvalue weighted by Gasteiger charge is 2.33. The molecule has 9 heteroatoms. The van der Waals surface area contributed by atoms with Gasteiger partial charge in [-0.15, -0.1) is 0 Å². The summed E-state index contributed by atoms with van der Waals surface area (Å²) in [5.41, 5.74) is 1.42. The van der Waals surface area contributed by atoms with Crippen molar-refractivity contribution in [2.24, 2.45) is 0 Å². The molecule has 39 heavy (non-hydrogen) atoms. The number of hydrogen-bond donors (Lipinski definition) is 1. The van der Waals surface area contributed by atoms with Crippen LogP contribution in [0, 0.1) is 3.57 Å². The first-order valence-electron chi connectivity index (χ1n) is 13.2. The Bertz CT molecular complexity index is 1300. The smallest absolute Gasteiger partial charge is 0.264 e. The molecule has 2 amide bonds. The van der Waals surface area contributed by atoms with Crippen LogP contribution in [0.15, 0.2) is 89.8 Å². The summed E-state index contributed by atoms with van der Waals surface area (Å²) in [6.07, 6.45) is 2.74. The van der Waals surface area contributed by atoms with E-state index in [9.17, 15) is 18.0 Å². The van der Waals surface area contributed by atoms with E-state index in [1.165, 1.54) is 17.0 Å². The van der Waals surface area contributed by atoms with Gasteiger partial charge in [-0.1, -0.05) is 68.8 Å². The standard InChI is InChI=1S/C30H36IN3O4S/c1-3-5-21-32-30(36)28(4-2)33(22-20-24-12-8-6-9-13-24)29(35)23-34(26-18-16-25(31)17-19-26)39(37,38)27-14-10-7-11-15-27/h6-19,28H,3-5,20-23H2,1-2H3,(H,32,36). The molecule has 0 saturated carbocycles. The van der Waals surface area contributed by atoms with Crippen LogP contribution in [-0.2, 0) is 26.0 Å². The van der Waals surface area contributed by atoms with Gasteiger partial charge in [-0.05, 0) is 83.8 Å². The first kappa shape index (κ1) is 30.6. The average Bonchev–Trinajstić information content (AvgIpc) is 2.95. The number of carbonyl (C=O) groups is 2. The fraction of sp³-hybridized carbons (Fsp3) is 0.333. The van der Waals surface area contributed by atoms with Crippen molar-refractivity contribution in [3.05, 3.63) is 94.1 Å². The Morgan fingerprint density at radius 1 is 0.897 bits per heavy atom. The van der Waals surface area contributed by atoms with E-state index in [-0.39, 0.29) is 17.3 Å². The molecule has 0 bridgehead atoms. The normalized spacial score (nSPS) is 12.0. The maximum atomic E-state index is 14.0.